The number of hydrogen-bond acceptors (Lipinski definition) is 4. The highest BCUT2D eigenvalue weighted by molar-refractivity contribution is 5.95. The van der Waals surface area contributed by atoms with Gasteiger partial charge in [-0.15, -0.1) is 0 Å². The van der Waals surface area contributed by atoms with Crippen molar-refractivity contribution in [2.24, 2.45) is 0 Å². The molecule has 1 aliphatic rings. The van der Waals surface area contributed by atoms with Crippen LogP contribution in [0.25, 0.3) is 0 Å². The van der Waals surface area contributed by atoms with Gasteiger partial charge in [0, 0.05) is 39.0 Å². The normalized spacial score (nSPS) is 23.2. The molecule has 5 nitrogen and oxygen atoms in total. The molecule has 0 radical (unpaired) electrons. The maximum atomic E-state index is 12.5. The third-order valence-electron chi connectivity index (χ3n) is 3.70. The van der Waals surface area contributed by atoms with Crippen LogP contribution in [-0.2, 0) is 4.74 Å². The lowest BCUT2D eigenvalue weighted by atomic mass is 9.94. The number of aromatic nitrogens is 1. The molecule has 1 aliphatic heterocycles. The van der Waals surface area contributed by atoms with Gasteiger partial charge in [-0.2, -0.15) is 0 Å². The predicted molar refractivity (Wildman–Crippen MR) is 74.3 cm³/mol. The molecule has 1 amide bonds. The lowest BCUT2D eigenvalue weighted by Gasteiger charge is -2.39. The Labute approximate surface area is 114 Å². The molecular formula is C14H21N3O2. The standard InChI is InChI=1S/C14H21N3O2/c1-14(19-3)6-4-8-17(10-14)13(18)11-5-7-16-12(9-11)15-2/h5,7,9H,4,6,8,10H2,1-3H3,(H,15,16). The summed E-state index contributed by atoms with van der Waals surface area (Å²) in [6.45, 7) is 3.48. The molecule has 104 valence electrons. The van der Waals surface area contributed by atoms with Crippen LogP contribution in [0.5, 0.6) is 0 Å². The first-order valence-corrected chi connectivity index (χ1v) is 6.56. The molecule has 19 heavy (non-hydrogen) atoms. The molecule has 1 fully saturated rings. The lowest BCUT2D eigenvalue weighted by Crippen LogP contribution is -2.49. The van der Waals surface area contributed by atoms with Gasteiger partial charge in [0.25, 0.3) is 5.91 Å². The lowest BCUT2D eigenvalue weighted by molar-refractivity contribution is -0.0440. The van der Waals surface area contributed by atoms with Gasteiger partial charge in [-0.05, 0) is 31.9 Å². The van der Waals surface area contributed by atoms with E-state index in [0.29, 0.717) is 17.9 Å². The van der Waals surface area contributed by atoms with E-state index in [1.807, 2.05) is 4.90 Å². The minimum atomic E-state index is -0.229. The zero-order chi connectivity index (χ0) is 13.9. The number of likely N-dealkylation sites (tertiary alicyclic amines) is 1. The van der Waals surface area contributed by atoms with E-state index in [2.05, 4.69) is 17.2 Å². The molecule has 1 unspecified atom stereocenters. The van der Waals surface area contributed by atoms with Crippen LogP contribution in [-0.4, -0.2) is 48.6 Å². The summed E-state index contributed by atoms with van der Waals surface area (Å²) in [4.78, 5) is 18.5. The number of nitrogens with one attached hydrogen (secondary N) is 1. The van der Waals surface area contributed by atoms with Crippen molar-refractivity contribution in [3.05, 3.63) is 23.9 Å². The van der Waals surface area contributed by atoms with Crippen molar-refractivity contribution in [3.63, 3.8) is 0 Å². The minimum Gasteiger partial charge on any atom is -0.377 e. The van der Waals surface area contributed by atoms with Gasteiger partial charge < -0.3 is 15.0 Å². The quantitative estimate of drug-likeness (QED) is 0.903. The van der Waals surface area contributed by atoms with Crippen molar-refractivity contribution >= 4 is 11.7 Å². The van der Waals surface area contributed by atoms with Crippen molar-refractivity contribution in [2.45, 2.75) is 25.4 Å². The molecule has 2 heterocycles. The number of anilines is 1. The second kappa shape index (κ2) is 5.57. The van der Waals surface area contributed by atoms with Crippen LogP contribution in [0.4, 0.5) is 5.82 Å². The molecule has 0 saturated carbocycles. The average molecular weight is 263 g/mol. The van der Waals surface area contributed by atoms with E-state index >= 15 is 0 Å². The van der Waals surface area contributed by atoms with Crippen LogP contribution in [0.2, 0.25) is 0 Å². The number of carbonyl (C=O) groups is 1. The first kappa shape index (κ1) is 13.8. The summed E-state index contributed by atoms with van der Waals surface area (Å²) in [5.74, 6) is 0.749. The van der Waals surface area contributed by atoms with Crippen LogP contribution < -0.4 is 5.32 Å². The number of nitrogens with zero attached hydrogens (tertiary/aromatic N) is 2. The number of pyridine rings is 1. The van der Waals surface area contributed by atoms with Gasteiger partial charge in [0.15, 0.2) is 0 Å². The fourth-order valence-corrected chi connectivity index (χ4v) is 2.43. The number of amides is 1. The van der Waals surface area contributed by atoms with E-state index in [9.17, 15) is 4.79 Å². The summed E-state index contributed by atoms with van der Waals surface area (Å²) in [6, 6.07) is 3.53. The van der Waals surface area contributed by atoms with Crippen LogP contribution in [0, 0.1) is 0 Å². The highest BCUT2D eigenvalue weighted by Gasteiger charge is 2.33. The maximum Gasteiger partial charge on any atom is 0.254 e. The van der Waals surface area contributed by atoms with Crippen LogP contribution in [0.3, 0.4) is 0 Å². The van der Waals surface area contributed by atoms with E-state index in [1.54, 1.807) is 32.5 Å². The van der Waals surface area contributed by atoms with E-state index in [0.717, 1.165) is 19.4 Å². The molecule has 0 aliphatic carbocycles. The first-order chi connectivity index (χ1) is 9.08. The van der Waals surface area contributed by atoms with Gasteiger partial charge in [0.1, 0.15) is 5.82 Å². The number of rotatable bonds is 3. The summed E-state index contributed by atoms with van der Waals surface area (Å²) in [5, 5.41) is 2.95. The van der Waals surface area contributed by atoms with Crippen molar-refractivity contribution in [2.75, 3.05) is 32.6 Å². The van der Waals surface area contributed by atoms with Gasteiger partial charge in [0.2, 0.25) is 0 Å². The van der Waals surface area contributed by atoms with Crippen molar-refractivity contribution in [3.8, 4) is 0 Å². The van der Waals surface area contributed by atoms with E-state index < -0.39 is 0 Å². The van der Waals surface area contributed by atoms with Gasteiger partial charge in [-0.25, -0.2) is 4.98 Å². The second-order valence-corrected chi connectivity index (χ2v) is 5.16. The summed E-state index contributed by atoms with van der Waals surface area (Å²) in [7, 11) is 3.50. The first-order valence-electron chi connectivity index (χ1n) is 6.56. The number of carbonyl (C=O) groups excluding carboxylic acids is 1. The molecule has 1 N–H and O–H groups in total. The average Bonchev–Trinajstić information content (AvgIpc) is 2.46. The molecule has 1 saturated heterocycles. The predicted octanol–water partition coefficient (Wildman–Crippen LogP) is 1.76. The largest absolute Gasteiger partial charge is 0.377 e. The van der Waals surface area contributed by atoms with Gasteiger partial charge in [-0.3, -0.25) is 4.79 Å². The Morgan fingerprint density at radius 2 is 2.37 bits per heavy atom. The fourth-order valence-electron chi connectivity index (χ4n) is 2.43. The maximum absolute atomic E-state index is 12.5. The zero-order valence-corrected chi connectivity index (χ0v) is 11.8. The molecule has 1 atom stereocenters. The molecule has 0 bridgehead atoms. The Bertz CT molecular complexity index is 464. The number of methoxy groups -OCH3 is 1. The minimum absolute atomic E-state index is 0.0434. The van der Waals surface area contributed by atoms with Gasteiger partial charge >= 0.3 is 0 Å². The summed E-state index contributed by atoms with van der Waals surface area (Å²) >= 11 is 0. The zero-order valence-electron chi connectivity index (χ0n) is 11.8. The summed E-state index contributed by atoms with van der Waals surface area (Å²) in [6.07, 6.45) is 3.62. The Balaban J connectivity index is 2.14. The number of piperidine rings is 1. The Hall–Kier alpha value is -1.62. The topological polar surface area (TPSA) is 54.5 Å². The SMILES string of the molecule is CNc1cc(C(=O)N2CCCC(C)(OC)C2)ccn1. The number of ether oxygens (including phenoxy) is 1. The highest BCUT2D eigenvalue weighted by atomic mass is 16.5. The van der Waals surface area contributed by atoms with Crippen molar-refractivity contribution < 1.29 is 9.53 Å². The van der Waals surface area contributed by atoms with E-state index in [-0.39, 0.29) is 11.5 Å². The Morgan fingerprint density at radius 1 is 1.58 bits per heavy atom. The van der Waals surface area contributed by atoms with Gasteiger partial charge in [0.05, 0.1) is 5.60 Å². The third-order valence-corrected chi connectivity index (χ3v) is 3.70. The van der Waals surface area contributed by atoms with Gasteiger partial charge in [-0.1, -0.05) is 0 Å². The van der Waals surface area contributed by atoms with Crippen molar-refractivity contribution in [1.29, 1.82) is 0 Å². The van der Waals surface area contributed by atoms with Crippen LogP contribution >= 0.6 is 0 Å². The Morgan fingerprint density at radius 3 is 3.05 bits per heavy atom. The fraction of sp³-hybridized carbons (Fsp3) is 0.571. The highest BCUT2D eigenvalue weighted by Crippen LogP contribution is 2.25. The Kier molecular flexibility index (Phi) is 4.04. The van der Waals surface area contributed by atoms with E-state index in [4.69, 9.17) is 4.74 Å². The second-order valence-electron chi connectivity index (χ2n) is 5.16. The summed E-state index contributed by atoms with van der Waals surface area (Å²) < 4.78 is 5.52. The number of hydrogen-bond donors (Lipinski definition) is 1. The van der Waals surface area contributed by atoms with E-state index in [1.165, 1.54) is 0 Å². The molecule has 0 spiro atoms. The third kappa shape index (κ3) is 3.04. The molecule has 5 heteroatoms. The van der Waals surface area contributed by atoms with Crippen LogP contribution in [0.15, 0.2) is 18.3 Å². The molecule has 2 rings (SSSR count). The monoisotopic (exact) mass is 263 g/mol. The molecular weight excluding hydrogens is 242 g/mol. The molecule has 0 aromatic carbocycles. The van der Waals surface area contributed by atoms with Crippen molar-refractivity contribution in [1.82, 2.24) is 9.88 Å². The smallest absolute Gasteiger partial charge is 0.254 e. The molecule has 1 aromatic heterocycles. The summed E-state index contributed by atoms with van der Waals surface area (Å²) in [5.41, 5.74) is 0.437. The van der Waals surface area contributed by atoms with Crippen LogP contribution in [0.1, 0.15) is 30.1 Å². The molecule has 1 aromatic rings.